The Morgan fingerprint density at radius 2 is 1.58 bits per heavy atom. The van der Waals surface area contributed by atoms with Crippen molar-refractivity contribution in [1.29, 1.82) is 10.8 Å². The van der Waals surface area contributed by atoms with Crippen LogP contribution in [0.15, 0.2) is 77.8 Å². The van der Waals surface area contributed by atoms with Gasteiger partial charge in [-0.25, -0.2) is 4.79 Å². The molecule has 0 radical (unpaired) electrons. The lowest BCUT2D eigenvalue weighted by Crippen LogP contribution is -2.48. The number of hydrogen-bond donors (Lipinski definition) is 4. The fourth-order valence-corrected chi connectivity index (χ4v) is 6.90. The quantitative estimate of drug-likeness (QED) is 0.0802. The second kappa shape index (κ2) is 15.1. The number of esters is 1. The average molecular weight is 741 g/mol. The number of para-hydroxylation sites is 2. The zero-order valence-electron chi connectivity index (χ0n) is 30.1. The van der Waals surface area contributed by atoms with Gasteiger partial charge in [-0.15, -0.1) is 11.3 Å². The van der Waals surface area contributed by atoms with E-state index in [1.165, 1.54) is 11.3 Å². The van der Waals surface area contributed by atoms with E-state index in [1.807, 2.05) is 26.0 Å². The molecule has 2 amide bonds. The summed E-state index contributed by atoms with van der Waals surface area (Å²) in [6, 6.07) is 20.6. The Morgan fingerprint density at radius 3 is 2.17 bits per heavy atom. The molecule has 0 saturated heterocycles. The highest BCUT2D eigenvalue weighted by Crippen LogP contribution is 2.42. The number of amides is 2. The molecule has 0 unspecified atom stereocenters. The van der Waals surface area contributed by atoms with E-state index < -0.39 is 29.1 Å². The maximum atomic E-state index is 13.4. The molecule has 1 aromatic heterocycles. The molecule has 2 heterocycles. The monoisotopic (exact) mass is 740 g/mol. The van der Waals surface area contributed by atoms with Crippen LogP contribution < -0.4 is 15.5 Å². The molecule has 4 aromatic rings. The lowest BCUT2D eigenvalue weighted by Gasteiger charge is -2.31. The molecule has 5 rings (SSSR count). The molecule has 0 aliphatic carbocycles. The lowest BCUT2D eigenvalue weighted by atomic mass is 9.95. The van der Waals surface area contributed by atoms with Crippen LogP contribution in [0.5, 0.6) is 0 Å². The molecule has 0 spiro atoms. The van der Waals surface area contributed by atoms with E-state index >= 15 is 0 Å². The zero-order valence-corrected chi connectivity index (χ0v) is 31.6. The third kappa shape index (κ3) is 8.58. The SMILES string of the molecule is CC(=N)N1C(=N)[C@@](C)(CC(=O)OCc2ccc(C(=O)Nc3ccccc3NC(=O)OC(C)(C)C)cc2)N=C(c2ccc(Cl)cc2)c2c1sc(C)c2C. The molecule has 1 atom stereocenters. The average Bonchev–Trinajstić information content (AvgIpc) is 3.30. The molecule has 0 bridgehead atoms. The smallest absolute Gasteiger partial charge is 0.412 e. The van der Waals surface area contributed by atoms with E-state index in [0.29, 0.717) is 38.2 Å². The molecular formula is C39H41ClN6O5S. The zero-order chi connectivity index (χ0) is 38.0. The molecule has 4 N–H and O–H groups in total. The van der Waals surface area contributed by atoms with Gasteiger partial charge in [-0.05, 0) is 96.0 Å². The van der Waals surface area contributed by atoms with Crippen LogP contribution in [0, 0.1) is 24.7 Å². The van der Waals surface area contributed by atoms with Crippen molar-refractivity contribution < 1.29 is 23.9 Å². The highest BCUT2D eigenvalue weighted by atomic mass is 35.5. The third-order valence-electron chi connectivity index (χ3n) is 8.27. The number of benzene rings is 3. The minimum absolute atomic E-state index is 0.0124. The summed E-state index contributed by atoms with van der Waals surface area (Å²) in [5, 5.41) is 24.6. The van der Waals surface area contributed by atoms with Crippen LogP contribution in [-0.4, -0.2) is 46.5 Å². The van der Waals surface area contributed by atoms with Gasteiger partial charge in [0.15, 0.2) is 0 Å². The predicted octanol–water partition coefficient (Wildman–Crippen LogP) is 9.14. The highest BCUT2D eigenvalue weighted by Gasteiger charge is 2.43. The van der Waals surface area contributed by atoms with Crippen molar-refractivity contribution in [2.75, 3.05) is 15.5 Å². The number of anilines is 3. The van der Waals surface area contributed by atoms with Crippen LogP contribution in [0.1, 0.15) is 78.5 Å². The maximum Gasteiger partial charge on any atom is 0.412 e. The third-order valence-corrected chi connectivity index (χ3v) is 9.71. The van der Waals surface area contributed by atoms with Gasteiger partial charge >= 0.3 is 12.1 Å². The van der Waals surface area contributed by atoms with Gasteiger partial charge in [0.25, 0.3) is 5.91 Å². The van der Waals surface area contributed by atoms with Crippen LogP contribution in [-0.2, 0) is 20.9 Å². The van der Waals surface area contributed by atoms with Gasteiger partial charge in [-0.3, -0.25) is 35.6 Å². The van der Waals surface area contributed by atoms with Crippen LogP contribution >= 0.6 is 22.9 Å². The summed E-state index contributed by atoms with van der Waals surface area (Å²) >= 11 is 7.68. The Kier molecular flexibility index (Phi) is 11.0. The van der Waals surface area contributed by atoms with Crippen LogP contribution in [0.3, 0.4) is 0 Å². The van der Waals surface area contributed by atoms with Crippen molar-refractivity contribution in [3.8, 4) is 0 Å². The summed E-state index contributed by atoms with van der Waals surface area (Å²) in [6.07, 6.45) is -0.896. The van der Waals surface area contributed by atoms with Gasteiger partial charge in [-0.2, -0.15) is 0 Å². The van der Waals surface area contributed by atoms with Crippen LogP contribution in [0.4, 0.5) is 21.2 Å². The van der Waals surface area contributed by atoms with E-state index in [0.717, 1.165) is 21.6 Å². The fraction of sp³-hybridized carbons (Fsp3) is 0.282. The fourth-order valence-electron chi connectivity index (χ4n) is 5.56. The van der Waals surface area contributed by atoms with Crippen LogP contribution in [0.2, 0.25) is 5.02 Å². The van der Waals surface area contributed by atoms with E-state index in [9.17, 15) is 19.8 Å². The number of rotatable bonds is 8. The number of aliphatic imine (C=N–C) groups is 1. The molecule has 1 aliphatic rings. The molecule has 11 nitrogen and oxygen atoms in total. The number of thiophene rings is 1. The first-order valence-corrected chi connectivity index (χ1v) is 17.7. The van der Waals surface area contributed by atoms with Crippen molar-refractivity contribution in [3.63, 3.8) is 0 Å². The Morgan fingerprint density at radius 1 is 0.962 bits per heavy atom. The van der Waals surface area contributed by atoms with E-state index in [2.05, 4.69) is 10.6 Å². The van der Waals surface area contributed by atoms with Gasteiger partial charge in [0, 0.05) is 26.6 Å². The van der Waals surface area contributed by atoms with E-state index in [1.54, 1.807) is 100 Å². The minimum atomic E-state index is -1.37. The number of aryl methyl sites for hydroxylation is 1. The Labute approximate surface area is 312 Å². The number of fused-ring (bicyclic) bond motifs is 1. The van der Waals surface area contributed by atoms with Gasteiger partial charge in [0.1, 0.15) is 34.4 Å². The summed E-state index contributed by atoms with van der Waals surface area (Å²) in [6.45, 7) is 12.5. The van der Waals surface area contributed by atoms with Crippen LogP contribution in [0.25, 0.3) is 0 Å². The second-order valence-electron chi connectivity index (χ2n) is 13.6. The largest absolute Gasteiger partial charge is 0.461 e. The number of halogens is 1. The van der Waals surface area contributed by atoms with Gasteiger partial charge < -0.3 is 14.8 Å². The number of ether oxygens (including phenoxy) is 2. The first-order chi connectivity index (χ1) is 24.5. The Balaban J connectivity index is 1.30. The molecule has 52 heavy (non-hydrogen) atoms. The van der Waals surface area contributed by atoms with Gasteiger partial charge in [0.2, 0.25) is 0 Å². The molecule has 270 valence electrons. The van der Waals surface area contributed by atoms with Crippen molar-refractivity contribution >= 4 is 74.7 Å². The van der Waals surface area contributed by atoms with Crippen molar-refractivity contribution in [3.05, 3.63) is 111 Å². The maximum absolute atomic E-state index is 13.4. The van der Waals surface area contributed by atoms with Crippen molar-refractivity contribution in [1.82, 2.24) is 0 Å². The topological polar surface area (TPSA) is 157 Å². The molecule has 3 aromatic carbocycles. The first-order valence-electron chi connectivity index (χ1n) is 16.5. The molecule has 1 aliphatic heterocycles. The first kappa shape index (κ1) is 37.9. The summed E-state index contributed by atoms with van der Waals surface area (Å²) in [5.74, 6) is -0.863. The number of carbonyl (C=O) groups excluding carboxylic acids is 3. The Bertz CT molecular complexity index is 2090. The standard InChI is InChI=1S/C39H41ClN6O5S/c1-22-23(2)52-35-32(22)33(26-16-18-28(40)19-17-26)45-39(7,36(42)46(35)24(3)41)20-31(47)50-21-25-12-14-27(15-13-25)34(48)43-29-10-8-9-11-30(29)44-37(49)51-38(4,5)6/h8-19,41-42H,20-21H2,1-7H3,(H,43,48)(H,44,49)/t39-/m1/s1. The molecule has 13 heteroatoms. The second-order valence-corrected chi connectivity index (χ2v) is 15.3. The lowest BCUT2D eigenvalue weighted by molar-refractivity contribution is -0.145. The molecular weight excluding hydrogens is 700 g/mol. The van der Waals surface area contributed by atoms with Gasteiger partial charge in [-0.1, -0.05) is 48.0 Å². The van der Waals surface area contributed by atoms with E-state index in [4.69, 9.17) is 31.5 Å². The minimum Gasteiger partial charge on any atom is -0.461 e. The molecule has 0 saturated carbocycles. The number of nitrogens with zero attached hydrogens (tertiary/aromatic N) is 2. The van der Waals surface area contributed by atoms with E-state index in [-0.39, 0.29) is 24.7 Å². The summed E-state index contributed by atoms with van der Waals surface area (Å²) in [7, 11) is 0. The number of nitrogens with one attached hydrogen (secondary N) is 4. The highest BCUT2D eigenvalue weighted by molar-refractivity contribution is 7.17. The normalized spacial score (nSPS) is 15.6. The number of amidine groups is 2. The number of hydrogen-bond acceptors (Lipinski definition) is 9. The van der Waals surface area contributed by atoms with Gasteiger partial charge in [0.05, 0.1) is 23.5 Å². The summed E-state index contributed by atoms with van der Waals surface area (Å²) in [5.41, 5.74) is 2.90. The number of carbonyl (C=O) groups is 3. The summed E-state index contributed by atoms with van der Waals surface area (Å²) in [4.78, 5) is 46.5. The summed E-state index contributed by atoms with van der Waals surface area (Å²) < 4.78 is 11.0. The van der Waals surface area contributed by atoms with Crippen molar-refractivity contribution in [2.45, 2.75) is 72.6 Å². The molecule has 0 fully saturated rings. The Hall–Kier alpha value is -5.33. The predicted molar refractivity (Wildman–Crippen MR) is 208 cm³/mol. The van der Waals surface area contributed by atoms with Crippen molar-refractivity contribution in [2.24, 2.45) is 4.99 Å².